The minimum atomic E-state index is -0.156. The van der Waals surface area contributed by atoms with Crippen molar-refractivity contribution >= 4 is 40.6 Å². The zero-order chi connectivity index (χ0) is 28.3. The normalized spacial score (nSPS) is 18.4. The molecule has 206 valence electrons. The van der Waals surface area contributed by atoms with Crippen molar-refractivity contribution in [3.8, 4) is 0 Å². The Labute approximate surface area is 236 Å². The van der Waals surface area contributed by atoms with Gasteiger partial charge in [-0.15, -0.1) is 0 Å². The van der Waals surface area contributed by atoms with Gasteiger partial charge in [0.1, 0.15) is 11.3 Å². The zero-order valence-corrected chi connectivity index (χ0v) is 24.5. The van der Waals surface area contributed by atoms with Crippen molar-refractivity contribution in [1.82, 2.24) is 9.80 Å². The molecule has 2 aromatic carbocycles. The molecule has 0 spiro atoms. The molecule has 0 radical (unpaired) electrons. The van der Waals surface area contributed by atoms with Crippen LogP contribution in [-0.2, 0) is 4.79 Å². The monoisotopic (exact) mass is 547 g/mol. The molecule has 0 aliphatic carbocycles. The second kappa shape index (κ2) is 12.2. The summed E-state index contributed by atoms with van der Waals surface area (Å²) in [5.74, 6) is 0.453. The van der Waals surface area contributed by atoms with Gasteiger partial charge in [-0.05, 0) is 68.4 Å². The number of aryl methyl sites for hydroxylation is 1. The number of fused-ring (bicyclic) bond motifs is 1. The van der Waals surface area contributed by atoms with Crippen LogP contribution >= 0.6 is 11.6 Å². The zero-order valence-electron chi connectivity index (χ0n) is 23.7. The Morgan fingerprint density at radius 2 is 1.90 bits per heavy atom. The SMILES string of the molecule is CCC(C)=C(N=CC(C)C(C)c1cccc(Cl)c1)C(=O)N1CCN(C(=O)c2oc3ccccc3c2C)C(C)C1. The van der Waals surface area contributed by atoms with Crippen molar-refractivity contribution in [2.45, 2.75) is 59.9 Å². The van der Waals surface area contributed by atoms with Gasteiger partial charge >= 0.3 is 0 Å². The molecular formula is C32H38ClN3O3. The fraction of sp³-hybridized carbons (Fsp3) is 0.406. The molecule has 7 heteroatoms. The van der Waals surface area contributed by atoms with Gasteiger partial charge in [-0.25, -0.2) is 0 Å². The number of rotatable bonds is 7. The molecule has 6 nitrogen and oxygen atoms in total. The Morgan fingerprint density at radius 1 is 1.15 bits per heavy atom. The maximum absolute atomic E-state index is 13.7. The molecule has 3 aromatic rings. The minimum Gasteiger partial charge on any atom is -0.451 e. The lowest BCUT2D eigenvalue weighted by molar-refractivity contribution is -0.129. The number of allylic oxidation sites excluding steroid dienone is 1. The molecule has 0 bridgehead atoms. The number of piperazine rings is 1. The van der Waals surface area contributed by atoms with Gasteiger partial charge in [0, 0.05) is 47.9 Å². The van der Waals surface area contributed by atoms with Gasteiger partial charge in [-0.2, -0.15) is 0 Å². The summed E-state index contributed by atoms with van der Waals surface area (Å²) < 4.78 is 5.93. The number of hydrogen-bond donors (Lipinski definition) is 0. The Bertz CT molecular complexity index is 1420. The first kappa shape index (κ1) is 28.6. The van der Waals surface area contributed by atoms with E-state index in [1.165, 1.54) is 0 Å². The number of halogens is 1. The van der Waals surface area contributed by atoms with Crippen LogP contribution in [0, 0.1) is 12.8 Å². The van der Waals surface area contributed by atoms with Crippen molar-refractivity contribution in [2.24, 2.45) is 10.9 Å². The lowest BCUT2D eigenvalue weighted by Crippen LogP contribution is -2.55. The molecule has 0 saturated carbocycles. The van der Waals surface area contributed by atoms with Crippen molar-refractivity contribution < 1.29 is 14.0 Å². The summed E-state index contributed by atoms with van der Waals surface area (Å²) in [4.78, 5) is 35.5. The molecule has 3 unspecified atom stereocenters. The van der Waals surface area contributed by atoms with Crippen LogP contribution in [0.25, 0.3) is 11.0 Å². The molecule has 39 heavy (non-hydrogen) atoms. The van der Waals surface area contributed by atoms with E-state index in [2.05, 4.69) is 19.9 Å². The smallest absolute Gasteiger partial charge is 0.290 e. The fourth-order valence-electron chi connectivity index (χ4n) is 5.03. The highest BCUT2D eigenvalue weighted by Gasteiger charge is 2.34. The first-order valence-corrected chi connectivity index (χ1v) is 14.1. The highest BCUT2D eigenvalue weighted by molar-refractivity contribution is 6.30. The Morgan fingerprint density at radius 3 is 2.56 bits per heavy atom. The Hall–Kier alpha value is -3.38. The number of nitrogens with zero attached hydrogens (tertiary/aromatic N) is 3. The lowest BCUT2D eigenvalue weighted by atomic mass is 9.90. The van der Waals surface area contributed by atoms with Crippen LogP contribution < -0.4 is 0 Å². The number of hydrogen-bond acceptors (Lipinski definition) is 4. The minimum absolute atomic E-state index is 0.0907. The molecule has 1 aliphatic rings. The summed E-state index contributed by atoms with van der Waals surface area (Å²) >= 11 is 6.19. The van der Waals surface area contributed by atoms with E-state index in [9.17, 15) is 9.59 Å². The molecule has 0 N–H and O–H groups in total. The number of amides is 2. The molecule has 3 atom stereocenters. The van der Waals surface area contributed by atoms with E-state index in [0.29, 0.717) is 41.7 Å². The van der Waals surface area contributed by atoms with Crippen LogP contribution in [-0.4, -0.2) is 53.5 Å². The van der Waals surface area contributed by atoms with E-state index >= 15 is 0 Å². The summed E-state index contributed by atoms with van der Waals surface area (Å²) in [7, 11) is 0. The van der Waals surface area contributed by atoms with Gasteiger partial charge in [0.25, 0.3) is 11.8 Å². The fourth-order valence-corrected chi connectivity index (χ4v) is 5.23. The van der Waals surface area contributed by atoms with E-state index < -0.39 is 0 Å². The lowest BCUT2D eigenvalue weighted by Gasteiger charge is -2.39. The second-order valence-electron chi connectivity index (χ2n) is 10.6. The number of aliphatic imine (C=N–C) groups is 1. The largest absolute Gasteiger partial charge is 0.451 e. The van der Waals surface area contributed by atoms with Crippen molar-refractivity contribution in [3.63, 3.8) is 0 Å². The first-order valence-electron chi connectivity index (χ1n) is 13.7. The van der Waals surface area contributed by atoms with Crippen LogP contribution in [0.2, 0.25) is 5.02 Å². The molecule has 1 aliphatic heterocycles. The molecule has 1 saturated heterocycles. The maximum atomic E-state index is 13.7. The summed E-state index contributed by atoms with van der Waals surface area (Å²) in [5.41, 5.74) is 4.13. The van der Waals surface area contributed by atoms with Gasteiger partial charge in [-0.1, -0.05) is 62.7 Å². The molecule has 2 amide bonds. The van der Waals surface area contributed by atoms with E-state index in [4.69, 9.17) is 21.0 Å². The van der Waals surface area contributed by atoms with E-state index in [1.807, 2.05) is 86.2 Å². The van der Waals surface area contributed by atoms with Gasteiger partial charge in [0.2, 0.25) is 0 Å². The average Bonchev–Trinajstić information content (AvgIpc) is 3.28. The molecule has 1 aromatic heterocycles. The number of benzene rings is 2. The van der Waals surface area contributed by atoms with Crippen LogP contribution in [0.3, 0.4) is 0 Å². The third-order valence-corrected chi connectivity index (χ3v) is 8.19. The van der Waals surface area contributed by atoms with Crippen molar-refractivity contribution in [2.75, 3.05) is 19.6 Å². The summed E-state index contributed by atoms with van der Waals surface area (Å²) in [6.07, 6.45) is 2.61. The predicted octanol–water partition coefficient (Wildman–Crippen LogP) is 7.26. The molecule has 2 heterocycles. The Balaban J connectivity index is 1.47. The van der Waals surface area contributed by atoms with E-state index in [0.717, 1.165) is 28.5 Å². The quantitative estimate of drug-likeness (QED) is 0.231. The van der Waals surface area contributed by atoms with E-state index in [-0.39, 0.29) is 29.7 Å². The third kappa shape index (κ3) is 6.11. The highest BCUT2D eigenvalue weighted by Crippen LogP contribution is 2.28. The predicted molar refractivity (Wildman–Crippen MR) is 159 cm³/mol. The van der Waals surface area contributed by atoms with Crippen LogP contribution in [0.15, 0.2) is 69.2 Å². The standard InChI is InChI=1S/C32H38ClN3O3/c1-7-20(2)29(34-18-21(3)23(5)25-11-10-12-26(33)17-25)31(37)35-15-16-36(22(4)19-35)32(38)30-24(6)27-13-8-9-14-28(27)39-30/h8-14,17-18,21-23H,7,15-16,19H2,1-6H3. The molecule has 4 rings (SSSR count). The molecule has 1 fully saturated rings. The number of para-hydroxylation sites is 1. The number of carbonyl (C=O) groups is 2. The molecular weight excluding hydrogens is 510 g/mol. The summed E-state index contributed by atoms with van der Waals surface area (Å²) in [5, 5.41) is 1.66. The summed E-state index contributed by atoms with van der Waals surface area (Å²) in [6.45, 7) is 13.4. The van der Waals surface area contributed by atoms with Crippen LogP contribution in [0.5, 0.6) is 0 Å². The summed E-state index contributed by atoms with van der Waals surface area (Å²) in [6, 6.07) is 15.4. The van der Waals surface area contributed by atoms with Gasteiger partial charge in [0.15, 0.2) is 5.76 Å². The first-order chi connectivity index (χ1) is 18.6. The average molecular weight is 548 g/mol. The van der Waals surface area contributed by atoms with E-state index in [1.54, 1.807) is 0 Å². The van der Waals surface area contributed by atoms with Crippen LogP contribution in [0.1, 0.15) is 68.6 Å². The second-order valence-corrected chi connectivity index (χ2v) is 11.1. The Kier molecular flexibility index (Phi) is 8.96. The number of carbonyl (C=O) groups excluding carboxylic acids is 2. The van der Waals surface area contributed by atoms with Crippen LogP contribution in [0.4, 0.5) is 0 Å². The highest BCUT2D eigenvalue weighted by atomic mass is 35.5. The van der Waals surface area contributed by atoms with Gasteiger partial charge in [0.05, 0.1) is 0 Å². The van der Waals surface area contributed by atoms with Gasteiger partial charge in [-0.3, -0.25) is 14.6 Å². The number of furan rings is 1. The van der Waals surface area contributed by atoms with Crippen molar-refractivity contribution in [3.05, 3.63) is 81.7 Å². The maximum Gasteiger partial charge on any atom is 0.290 e. The third-order valence-electron chi connectivity index (χ3n) is 7.95. The van der Waals surface area contributed by atoms with Crippen molar-refractivity contribution in [1.29, 1.82) is 0 Å². The van der Waals surface area contributed by atoms with Gasteiger partial charge < -0.3 is 14.2 Å². The topological polar surface area (TPSA) is 66.1 Å².